The molecular weight excluding hydrogens is 260 g/mol. The number of ether oxygens (including phenoxy) is 1. The van der Waals surface area contributed by atoms with Gasteiger partial charge in [-0.2, -0.15) is 0 Å². The topological polar surface area (TPSA) is 78.4 Å². The van der Waals surface area contributed by atoms with Crippen molar-refractivity contribution in [3.8, 4) is 5.75 Å². The second kappa shape index (κ2) is 5.73. The molecule has 6 heteroatoms. The lowest BCUT2D eigenvalue weighted by atomic mass is 9.90. The van der Waals surface area contributed by atoms with Crippen LogP contribution in [0.1, 0.15) is 28.5 Å². The highest BCUT2D eigenvalue weighted by molar-refractivity contribution is 5.39. The Morgan fingerprint density at radius 1 is 1.45 bits per heavy atom. The molecule has 1 aromatic heterocycles. The number of aryl methyl sites for hydroxylation is 2. The van der Waals surface area contributed by atoms with Crippen LogP contribution in [-0.4, -0.2) is 23.7 Å². The number of hydrogen-bond acceptors (Lipinski definition) is 5. The van der Waals surface area contributed by atoms with E-state index in [0.29, 0.717) is 17.2 Å². The van der Waals surface area contributed by atoms with Crippen LogP contribution in [0.3, 0.4) is 0 Å². The van der Waals surface area contributed by atoms with Crippen LogP contribution in [0.15, 0.2) is 28.8 Å². The van der Waals surface area contributed by atoms with Gasteiger partial charge in [-0.15, -0.1) is 0 Å². The third-order valence-corrected chi connectivity index (χ3v) is 3.26. The van der Waals surface area contributed by atoms with Crippen LogP contribution in [0.2, 0.25) is 0 Å². The summed E-state index contributed by atoms with van der Waals surface area (Å²) in [6.07, 6.45) is 0. The van der Waals surface area contributed by atoms with E-state index in [1.54, 1.807) is 33.1 Å². The van der Waals surface area contributed by atoms with Crippen LogP contribution in [0, 0.1) is 24.0 Å². The Hall–Kier alpha value is -2.37. The lowest BCUT2D eigenvalue weighted by Gasteiger charge is -2.14. The summed E-state index contributed by atoms with van der Waals surface area (Å²) in [6.45, 7) is 3.34. The van der Waals surface area contributed by atoms with Crippen molar-refractivity contribution < 1.29 is 14.2 Å². The van der Waals surface area contributed by atoms with Gasteiger partial charge in [0.25, 0.3) is 0 Å². The molecule has 0 saturated carbocycles. The predicted octanol–water partition coefficient (Wildman–Crippen LogP) is 2.71. The molecule has 0 N–H and O–H groups in total. The molecule has 0 saturated heterocycles. The Balaban J connectivity index is 2.49. The SMILES string of the molecule is COc1cccc([C@@H](C[N+](=O)[O-])c2c(C)noc2C)c1. The molecule has 106 valence electrons. The molecule has 0 spiro atoms. The lowest BCUT2D eigenvalue weighted by molar-refractivity contribution is -0.481. The first-order valence-electron chi connectivity index (χ1n) is 6.21. The van der Waals surface area contributed by atoms with Crippen molar-refractivity contribution in [2.75, 3.05) is 13.7 Å². The van der Waals surface area contributed by atoms with Gasteiger partial charge < -0.3 is 9.26 Å². The van der Waals surface area contributed by atoms with Crippen molar-refractivity contribution in [2.24, 2.45) is 0 Å². The van der Waals surface area contributed by atoms with E-state index >= 15 is 0 Å². The van der Waals surface area contributed by atoms with Gasteiger partial charge >= 0.3 is 0 Å². The summed E-state index contributed by atoms with van der Waals surface area (Å²) in [5.41, 5.74) is 2.27. The van der Waals surface area contributed by atoms with Gasteiger partial charge in [-0.05, 0) is 31.5 Å². The Morgan fingerprint density at radius 3 is 2.75 bits per heavy atom. The van der Waals surface area contributed by atoms with Crippen molar-refractivity contribution >= 4 is 0 Å². The van der Waals surface area contributed by atoms with Crippen LogP contribution in [0.4, 0.5) is 0 Å². The maximum Gasteiger partial charge on any atom is 0.214 e. The molecule has 2 rings (SSSR count). The predicted molar refractivity (Wildman–Crippen MR) is 72.7 cm³/mol. The maximum absolute atomic E-state index is 11.0. The van der Waals surface area contributed by atoms with E-state index in [4.69, 9.17) is 9.26 Å². The quantitative estimate of drug-likeness (QED) is 0.619. The molecule has 0 fully saturated rings. The molecule has 1 heterocycles. The smallest absolute Gasteiger partial charge is 0.214 e. The molecule has 0 unspecified atom stereocenters. The van der Waals surface area contributed by atoms with Gasteiger partial charge in [-0.25, -0.2) is 0 Å². The van der Waals surface area contributed by atoms with Crippen molar-refractivity contribution in [2.45, 2.75) is 19.8 Å². The van der Waals surface area contributed by atoms with Crippen LogP contribution in [0.25, 0.3) is 0 Å². The minimum Gasteiger partial charge on any atom is -0.497 e. The van der Waals surface area contributed by atoms with Gasteiger partial charge in [0.15, 0.2) is 0 Å². The molecule has 2 aromatic rings. The zero-order valence-electron chi connectivity index (χ0n) is 11.6. The Bertz CT molecular complexity index is 602. The Kier molecular flexibility index (Phi) is 4.02. The zero-order chi connectivity index (χ0) is 14.7. The number of nitrogens with zero attached hydrogens (tertiary/aromatic N) is 2. The minimum atomic E-state index is -0.397. The van der Waals surface area contributed by atoms with Gasteiger partial charge in [-0.3, -0.25) is 10.1 Å². The number of rotatable bonds is 5. The van der Waals surface area contributed by atoms with Crippen molar-refractivity contribution in [3.05, 3.63) is 57.0 Å². The molecule has 0 aliphatic rings. The zero-order valence-corrected chi connectivity index (χ0v) is 11.6. The summed E-state index contributed by atoms with van der Waals surface area (Å²) in [4.78, 5) is 10.7. The molecule has 6 nitrogen and oxygen atoms in total. The average Bonchev–Trinajstić information content (AvgIpc) is 2.75. The molecule has 1 aromatic carbocycles. The Labute approximate surface area is 116 Å². The van der Waals surface area contributed by atoms with E-state index < -0.39 is 5.92 Å². The first-order valence-corrected chi connectivity index (χ1v) is 6.21. The summed E-state index contributed by atoms with van der Waals surface area (Å²) >= 11 is 0. The van der Waals surface area contributed by atoms with Gasteiger partial charge in [-0.1, -0.05) is 17.3 Å². The second-order valence-corrected chi connectivity index (χ2v) is 4.58. The highest BCUT2D eigenvalue weighted by Crippen LogP contribution is 2.31. The second-order valence-electron chi connectivity index (χ2n) is 4.58. The van der Waals surface area contributed by atoms with Crippen LogP contribution in [-0.2, 0) is 0 Å². The molecular formula is C14H16N2O4. The Morgan fingerprint density at radius 2 is 2.20 bits per heavy atom. The number of aromatic nitrogens is 1. The average molecular weight is 276 g/mol. The molecule has 1 atom stereocenters. The molecule has 20 heavy (non-hydrogen) atoms. The van der Waals surface area contributed by atoms with E-state index in [-0.39, 0.29) is 11.5 Å². The number of benzene rings is 1. The first-order chi connectivity index (χ1) is 9.52. The first kappa shape index (κ1) is 14.0. The normalized spacial score (nSPS) is 12.2. The van der Waals surface area contributed by atoms with Gasteiger partial charge in [0.1, 0.15) is 11.5 Å². The molecule has 0 amide bonds. The fourth-order valence-corrected chi connectivity index (χ4v) is 2.36. The summed E-state index contributed by atoms with van der Waals surface area (Å²) in [7, 11) is 1.57. The lowest BCUT2D eigenvalue weighted by Crippen LogP contribution is -2.15. The highest BCUT2D eigenvalue weighted by Gasteiger charge is 2.27. The number of hydrogen-bond donors (Lipinski definition) is 0. The summed E-state index contributed by atoms with van der Waals surface area (Å²) < 4.78 is 10.3. The minimum absolute atomic E-state index is 0.212. The largest absolute Gasteiger partial charge is 0.497 e. The van der Waals surface area contributed by atoms with Crippen molar-refractivity contribution in [1.29, 1.82) is 0 Å². The number of methoxy groups -OCH3 is 1. The summed E-state index contributed by atoms with van der Waals surface area (Å²) in [6, 6.07) is 7.28. The maximum atomic E-state index is 11.0. The van der Waals surface area contributed by atoms with Gasteiger partial charge in [0, 0.05) is 10.5 Å². The molecule has 0 aliphatic carbocycles. The van der Waals surface area contributed by atoms with Gasteiger partial charge in [0.2, 0.25) is 6.54 Å². The van der Waals surface area contributed by atoms with E-state index in [1.165, 1.54) is 0 Å². The molecule has 0 bridgehead atoms. The van der Waals surface area contributed by atoms with Gasteiger partial charge in [0.05, 0.1) is 18.7 Å². The third-order valence-electron chi connectivity index (χ3n) is 3.26. The van der Waals surface area contributed by atoms with Crippen molar-refractivity contribution in [1.82, 2.24) is 5.16 Å². The fourth-order valence-electron chi connectivity index (χ4n) is 2.36. The fraction of sp³-hybridized carbons (Fsp3) is 0.357. The van der Waals surface area contributed by atoms with Crippen LogP contribution >= 0.6 is 0 Å². The highest BCUT2D eigenvalue weighted by atomic mass is 16.6. The molecule has 0 aliphatic heterocycles. The molecule has 0 radical (unpaired) electrons. The third kappa shape index (κ3) is 2.79. The standard InChI is InChI=1S/C14H16N2O4/c1-9-14(10(2)20-15-9)13(8-16(17)18)11-5-4-6-12(7-11)19-3/h4-7,13H,8H2,1-3H3/t13-/m1/s1. The van der Waals surface area contributed by atoms with Crippen LogP contribution < -0.4 is 4.74 Å². The van der Waals surface area contributed by atoms with E-state index in [0.717, 1.165) is 11.1 Å². The van der Waals surface area contributed by atoms with Crippen molar-refractivity contribution in [3.63, 3.8) is 0 Å². The van der Waals surface area contributed by atoms with E-state index in [1.807, 2.05) is 12.1 Å². The van der Waals surface area contributed by atoms with Crippen LogP contribution in [0.5, 0.6) is 5.75 Å². The van der Waals surface area contributed by atoms with E-state index in [9.17, 15) is 10.1 Å². The summed E-state index contributed by atoms with van der Waals surface area (Å²) in [5.74, 6) is 0.881. The summed E-state index contributed by atoms with van der Waals surface area (Å²) in [5, 5.41) is 14.9. The monoisotopic (exact) mass is 276 g/mol. The van der Waals surface area contributed by atoms with E-state index in [2.05, 4.69) is 5.16 Å². The number of nitro groups is 1.